The van der Waals surface area contributed by atoms with E-state index < -0.39 is 16.0 Å². The highest BCUT2D eigenvalue weighted by molar-refractivity contribution is 7.89. The van der Waals surface area contributed by atoms with E-state index in [0.29, 0.717) is 16.7 Å². The fraction of sp³-hybridized carbons (Fsp3) is 0.273. The Morgan fingerprint density at radius 3 is 2.85 bits per heavy atom. The molecule has 1 aromatic carbocycles. The summed E-state index contributed by atoms with van der Waals surface area (Å²) >= 11 is 0. The normalized spacial score (nSPS) is 11.8. The molecule has 0 aliphatic heterocycles. The maximum atomic E-state index is 12.0. The van der Waals surface area contributed by atoms with Gasteiger partial charge < -0.3 is 15.8 Å². The number of carboxylic acids is 1. The zero-order chi connectivity index (χ0) is 14.8. The maximum absolute atomic E-state index is 12.0. The van der Waals surface area contributed by atoms with Gasteiger partial charge in [-0.1, -0.05) is 6.07 Å². The molecule has 0 aliphatic carbocycles. The molecule has 2 rings (SSSR count). The summed E-state index contributed by atoms with van der Waals surface area (Å²) in [6.45, 7) is 0.0289. The largest absolute Gasteiger partial charge is 0.481 e. The van der Waals surface area contributed by atoms with Gasteiger partial charge in [0, 0.05) is 13.0 Å². The number of aromatic nitrogens is 2. The van der Waals surface area contributed by atoms with Crippen molar-refractivity contribution in [3.8, 4) is 0 Å². The first kappa shape index (κ1) is 14.3. The Kier molecular flexibility index (Phi) is 3.91. The summed E-state index contributed by atoms with van der Waals surface area (Å²) in [4.78, 5) is 17.0. The Morgan fingerprint density at radius 1 is 1.45 bits per heavy atom. The number of nitrogen functional groups attached to an aromatic ring is 1. The van der Waals surface area contributed by atoms with Gasteiger partial charge >= 0.3 is 5.97 Å². The van der Waals surface area contributed by atoms with Crippen molar-refractivity contribution < 1.29 is 18.3 Å². The molecule has 2 aromatic rings. The number of rotatable bonds is 6. The number of para-hydroxylation sites is 1. The molecule has 0 radical (unpaired) electrons. The van der Waals surface area contributed by atoms with Crippen molar-refractivity contribution in [2.24, 2.45) is 0 Å². The second-order valence-electron chi connectivity index (χ2n) is 4.18. The number of carbonyl (C=O) groups is 1. The zero-order valence-electron chi connectivity index (χ0n) is 10.5. The Morgan fingerprint density at radius 2 is 2.20 bits per heavy atom. The molecule has 0 saturated heterocycles. The van der Waals surface area contributed by atoms with Crippen molar-refractivity contribution in [3.63, 3.8) is 0 Å². The Hall–Kier alpha value is -2.13. The van der Waals surface area contributed by atoms with Crippen LogP contribution in [-0.2, 0) is 14.8 Å². The van der Waals surface area contributed by atoms with E-state index in [1.165, 1.54) is 0 Å². The Balaban J connectivity index is 2.15. The zero-order valence-corrected chi connectivity index (χ0v) is 11.3. The van der Waals surface area contributed by atoms with Crippen LogP contribution in [0.2, 0.25) is 0 Å². The fourth-order valence-corrected chi connectivity index (χ4v) is 2.68. The van der Waals surface area contributed by atoms with E-state index in [0.717, 1.165) is 0 Å². The Labute approximate surface area is 115 Å². The number of fused-ring (bicyclic) bond motifs is 1. The second-order valence-corrected chi connectivity index (χ2v) is 5.86. The number of nitrogens with two attached hydrogens (primary N) is 1. The van der Waals surface area contributed by atoms with Gasteiger partial charge in [0.2, 0.25) is 5.16 Å². The lowest BCUT2D eigenvalue weighted by atomic mass is 10.3. The molecule has 9 heteroatoms. The number of sulfonamides is 1. The van der Waals surface area contributed by atoms with Gasteiger partial charge in [0.1, 0.15) is 5.52 Å². The van der Waals surface area contributed by atoms with Crippen molar-refractivity contribution in [1.82, 2.24) is 14.7 Å². The quantitative estimate of drug-likeness (QED) is 0.446. The lowest BCUT2D eigenvalue weighted by Gasteiger charge is -2.02. The lowest BCUT2D eigenvalue weighted by molar-refractivity contribution is -0.137. The number of nitrogens with zero attached hydrogens (tertiary/aromatic N) is 1. The number of carboxylic acid groups (broad SMARTS) is 1. The van der Waals surface area contributed by atoms with E-state index in [-0.39, 0.29) is 24.5 Å². The number of hydrogen-bond acceptors (Lipinski definition) is 5. The molecule has 108 valence electrons. The van der Waals surface area contributed by atoms with Gasteiger partial charge in [-0.25, -0.2) is 18.1 Å². The first-order chi connectivity index (χ1) is 9.40. The monoisotopic (exact) mass is 298 g/mol. The molecule has 0 amide bonds. The average Bonchev–Trinajstić information content (AvgIpc) is 2.81. The molecule has 8 nitrogen and oxygen atoms in total. The third-order valence-electron chi connectivity index (χ3n) is 2.64. The minimum absolute atomic E-state index is 0.0289. The molecule has 0 saturated carbocycles. The van der Waals surface area contributed by atoms with Crippen molar-refractivity contribution in [3.05, 3.63) is 18.2 Å². The second kappa shape index (κ2) is 5.47. The molecule has 1 heterocycles. The summed E-state index contributed by atoms with van der Waals surface area (Å²) in [7, 11) is -3.80. The minimum Gasteiger partial charge on any atom is -0.481 e. The number of aromatic amines is 1. The van der Waals surface area contributed by atoms with Crippen LogP contribution in [0.25, 0.3) is 11.0 Å². The summed E-state index contributed by atoms with van der Waals surface area (Å²) in [6.07, 6.45) is 0.104. The van der Waals surface area contributed by atoms with E-state index in [4.69, 9.17) is 10.8 Å². The van der Waals surface area contributed by atoms with E-state index >= 15 is 0 Å². The van der Waals surface area contributed by atoms with E-state index in [1.54, 1.807) is 18.2 Å². The van der Waals surface area contributed by atoms with Gasteiger partial charge in [-0.15, -0.1) is 0 Å². The van der Waals surface area contributed by atoms with Crippen LogP contribution in [0.4, 0.5) is 5.69 Å². The van der Waals surface area contributed by atoms with Gasteiger partial charge in [0.15, 0.2) is 0 Å². The number of nitrogens with one attached hydrogen (secondary N) is 2. The number of anilines is 1. The van der Waals surface area contributed by atoms with Crippen molar-refractivity contribution in [2.45, 2.75) is 18.0 Å². The summed E-state index contributed by atoms with van der Waals surface area (Å²) < 4.78 is 26.2. The smallest absolute Gasteiger partial charge is 0.303 e. The van der Waals surface area contributed by atoms with Crippen molar-refractivity contribution >= 4 is 32.7 Å². The van der Waals surface area contributed by atoms with Crippen molar-refractivity contribution in [1.29, 1.82) is 0 Å². The summed E-state index contributed by atoms with van der Waals surface area (Å²) in [5.74, 6) is -0.972. The number of imidazole rings is 1. The van der Waals surface area contributed by atoms with Gasteiger partial charge in [0.25, 0.3) is 10.0 Å². The van der Waals surface area contributed by atoms with E-state index in [1.807, 2.05) is 0 Å². The Bertz CT molecular complexity index is 738. The summed E-state index contributed by atoms with van der Waals surface area (Å²) in [5.41, 5.74) is 7.00. The third kappa shape index (κ3) is 3.06. The predicted octanol–water partition coefficient (Wildman–Crippen LogP) is 0.288. The van der Waals surface area contributed by atoms with Crippen LogP contribution in [0.5, 0.6) is 0 Å². The highest BCUT2D eigenvalue weighted by Crippen LogP contribution is 2.19. The van der Waals surface area contributed by atoms with Crippen LogP contribution in [0.1, 0.15) is 12.8 Å². The first-order valence-corrected chi connectivity index (χ1v) is 7.34. The van der Waals surface area contributed by atoms with Gasteiger partial charge in [-0.05, 0) is 18.6 Å². The lowest BCUT2D eigenvalue weighted by Crippen LogP contribution is -2.26. The summed E-state index contributed by atoms with van der Waals surface area (Å²) in [6, 6.07) is 4.98. The number of hydrogen-bond donors (Lipinski definition) is 4. The molecule has 0 unspecified atom stereocenters. The molecule has 5 N–H and O–H groups in total. The van der Waals surface area contributed by atoms with Crippen LogP contribution in [0.3, 0.4) is 0 Å². The molecular formula is C11H14N4O4S. The topological polar surface area (TPSA) is 138 Å². The number of H-pyrrole nitrogens is 1. The molecule has 0 atom stereocenters. The molecule has 0 aliphatic rings. The number of benzene rings is 1. The SMILES string of the molecule is Nc1cccc2[nH]c(S(=O)(=O)NCCCC(=O)O)nc12. The molecule has 0 spiro atoms. The molecule has 1 aromatic heterocycles. The molecular weight excluding hydrogens is 284 g/mol. The third-order valence-corrected chi connectivity index (χ3v) is 3.92. The van der Waals surface area contributed by atoms with Crippen LogP contribution in [0, 0.1) is 0 Å². The van der Waals surface area contributed by atoms with E-state index in [2.05, 4.69) is 14.7 Å². The first-order valence-electron chi connectivity index (χ1n) is 5.86. The molecule has 0 fully saturated rings. The van der Waals surface area contributed by atoms with E-state index in [9.17, 15) is 13.2 Å². The van der Waals surface area contributed by atoms with Crippen LogP contribution < -0.4 is 10.5 Å². The van der Waals surface area contributed by atoms with Crippen LogP contribution in [0.15, 0.2) is 23.4 Å². The standard InChI is InChI=1S/C11H14N4O4S/c12-7-3-1-4-8-10(7)15-11(14-8)20(18,19)13-6-2-5-9(16)17/h1,3-4,13H,2,5-6,12H2,(H,14,15)(H,16,17). The maximum Gasteiger partial charge on any atom is 0.303 e. The minimum atomic E-state index is -3.80. The molecule has 0 bridgehead atoms. The van der Waals surface area contributed by atoms with Gasteiger partial charge in [-0.3, -0.25) is 4.79 Å². The van der Waals surface area contributed by atoms with Crippen molar-refractivity contribution in [2.75, 3.05) is 12.3 Å². The highest BCUT2D eigenvalue weighted by atomic mass is 32.2. The predicted molar refractivity (Wildman–Crippen MR) is 72.6 cm³/mol. The molecule has 20 heavy (non-hydrogen) atoms. The van der Waals surface area contributed by atoms with Gasteiger partial charge in [-0.2, -0.15) is 0 Å². The fourth-order valence-electron chi connectivity index (χ4n) is 1.67. The number of aliphatic carboxylic acids is 1. The van der Waals surface area contributed by atoms with Gasteiger partial charge in [0.05, 0.1) is 11.2 Å². The summed E-state index contributed by atoms with van der Waals surface area (Å²) in [5, 5.41) is 8.24. The van der Waals surface area contributed by atoms with Crippen LogP contribution >= 0.6 is 0 Å². The average molecular weight is 298 g/mol. The van der Waals surface area contributed by atoms with Crippen LogP contribution in [-0.4, -0.2) is 36.0 Å². The highest BCUT2D eigenvalue weighted by Gasteiger charge is 2.19.